The molecule has 15 nitrogen and oxygen atoms in total. The summed E-state index contributed by atoms with van der Waals surface area (Å²) < 4.78 is 18.9. The Labute approximate surface area is 149 Å². The summed E-state index contributed by atoms with van der Waals surface area (Å²) in [5, 5.41) is 35.9. The Hall–Kier alpha value is -3.52. The van der Waals surface area contributed by atoms with Crippen LogP contribution in [0.1, 0.15) is 21.0 Å². The Morgan fingerprint density at radius 3 is 1.85 bits per heavy atom. The fraction of sp³-hybridized carbons (Fsp3) is 0.200. The first-order valence-corrected chi connectivity index (χ1v) is 6.99. The number of hydrogen-bond acceptors (Lipinski definition) is 10. The van der Waals surface area contributed by atoms with Crippen LogP contribution in [0.15, 0.2) is 12.4 Å². The van der Waals surface area contributed by atoms with Gasteiger partial charge in [0.2, 0.25) is 5.69 Å². The van der Waals surface area contributed by atoms with Crippen molar-refractivity contribution in [2.45, 2.75) is 0 Å². The van der Waals surface area contributed by atoms with Crippen LogP contribution >= 0.6 is 0 Å². The Kier molecular flexibility index (Phi) is 8.96. The molecular weight excluding hydrogens is 403 g/mol. The second-order valence-corrected chi connectivity index (χ2v) is 4.24. The van der Waals surface area contributed by atoms with E-state index in [0.29, 0.717) is 6.29 Å². The van der Waals surface area contributed by atoms with Gasteiger partial charge in [-0.15, -0.1) is 0 Å². The van der Waals surface area contributed by atoms with Gasteiger partial charge in [0, 0.05) is 14.1 Å². The molecule has 0 aliphatic heterocycles. The van der Waals surface area contributed by atoms with Crippen molar-refractivity contribution < 1.29 is 47.0 Å². The normalized spacial score (nSPS) is 9.00. The summed E-state index contributed by atoms with van der Waals surface area (Å²) in [6.07, 6.45) is 2.36. The molecule has 141 valence electrons. The number of carbonyl (C=O) groups is 2. The average Bonchev–Trinajstić information content (AvgIpc) is 3.11. The summed E-state index contributed by atoms with van der Waals surface area (Å²) >= 11 is -1.44. The number of nitrogens with zero attached hydrogens (tertiary/aromatic N) is 6. The number of aldehydes is 1. The number of rotatable bonds is 4. The molecule has 2 rings (SSSR count). The van der Waals surface area contributed by atoms with E-state index in [-0.39, 0.29) is 11.4 Å². The van der Waals surface area contributed by atoms with Gasteiger partial charge in [0.25, 0.3) is 0 Å². The number of aromatic carboxylic acids is 1. The number of aryl methyl sites for hydroxylation is 2. The first-order valence-electron chi connectivity index (χ1n) is 6.02. The van der Waals surface area contributed by atoms with Crippen LogP contribution in [0.25, 0.3) is 0 Å². The molecule has 0 aromatic carbocycles. The van der Waals surface area contributed by atoms with Gasteiger partial charge in [-0.2, -0.15) is 10.2 Å². The van der Waals surface area contributed by atoms with Gasteiger partial charge in [-0.3, -0.25) is 34.4 Å². The molecule has 2 aromatic rings. The van der Waals surface area contributed by atoms with Crippen LogP contribution in [0.4, 0.5) is 11.4 Å². The third-order valence-corrected chi connectivity index (χ3v) is 2.59. The number of carbonyl (C=O) groups excluding carboxylic acids is 1. The van der Waals surface area contributed by atoms with Gasteiger partial charge < -0.3 is 5.11 Å². The molecular formula is C10H10MnN6O9. The second kappa shape index (κ2) is 10.4. The maximum atomic E-state index is 10.4. The fourth-order valence-electron chi connectivity index (χ4n) is 1.52. The molecule has 16 heteroatoms. The molecule has 1 N–H and O–H groups in total. The minimum absolute atomic E-state index is 0.0185. The van der Waals surface area contributed by atoms with Crippen molar-refractivity contribution in [3.63, 3.8) is 0 Å². The molecule has 2 heterocycles. The molecule has 0 fully saturated rings. The van der Waals surface area contributed by atoms with Gasteiger partial charge in [-0.1, -0.05) is 0 Å². The van der Waals surface area contributed by atoms with E-state index in [1.807, 2.05) is 0 Å². The molecule has 0 atom stereocenters. The number of hydrogen-bond donors (Lipinski definition) is 1. The van der Waals surface area contributed by atoms with Crippen molar-refractivity contribution in [1.82, 2.24) is 19.6 Å². The van der Waals surface area contributed by atoms with Crippen molar-refractivity contribution in [3.05, 3.63) is 44.0 Å². The van der Waals surface area contributed by atoms with Crippen LogP contribution in [-0.4, -0.2) is 46.8 Å². The van der Waals surface area contributed by atoms with Crippen LogP contribution in [0.2, 0.25) is 0 Å². The van der Waals surface area contributed by atoms with Crippen LogP contribution in [0.5, 0.6) is 0 Å². The van der Waals surface area contributed by atoms with Crippen molar-refractivity contribution in [3.8, 4) is 0 Å². The zero-order valence-corrected chi connectivity index (χ0v) is 14.2. The van der Waals surface area contributed by atoms with E-state index in [1.165, 1.54) is 14.1 Å². The van der Waals surface area contributed by atoms with Gasteiger partial charge in [-0.05, 0) is 0 Å². The molecule has 2 aromatic heterocycles. The maximum absolute atomic E-state index is 10.4. The second-order valence-electron chi connectivity index (χ2n) is 4.04. The standard InChI is InChI=1S/C5H5N3O4.C5H5N3O3.Mn.2O/c1-7-4(5(9)10)3(2-6-7)8(11)12;1-7-5(3-9)4(2-6-7)8(10)11;;;/h2H,1H3,(H,9,10);2-3H,1H3;;;. The van der Waals surface area contributed by atoms with Crippen molar-refractivity contribution in [2.75, 3.05) is 0 Å². The number of carboxylic acid groups (broad SMARTS) is 1. The van der Waals surface area contributed by atoms with Gasteiger partial charge in [0.1, 0.15) is 12.4 Å². The zero-order chi connectivity index (χ0) is 20.4. The Bertz CT molecular complexity index is 866. The minimum atomic E-state index is -1.44. The van der Waals surface area contributed by atoms with E-state index in [4.69, 9.17) is 12.8 Å². The number of carboxylic acids is 1. The van der Waals surface area contributed by atoms with E-state index >= 15 is 0 Å². The first kappa shape index (κ1) is 22.5. The summed E-state index contributed by atoms with van der Waals surface area (Å²) in [7, 11) is 2.80. The van der Waals surface area contributed by atoms with Crippen LogP contribution in [0.3, 0.4) is 0 Å². The van der Waals surface area contributed by atoms with Crippen LogP contribution in [-0.2, 0) is 36.6 Å². The summed E-state index contributed by atoms with van der Waals surface area (Å²) in [6, 6.07) is 0. The van der Waals surface area contributed by atoms with E-state index in [1.54, 1.807) is 0 Å². The van der Waals surface area contributed by atoms with E-state index in [9.17, 15) is 29.8 Å². The van der Waals surface area contributed by atoms with Crippen molar-refractivity contribution in [1.29, 1.82) is 0 Å². The van der Waals surface area contributed by atoms with Gasteiger partial charge in [0.15, 0.2) is 12.0 Å². The van der Waals surface area contributed by atoms with E-state index in [2.05, 4.69) is 10.2 Å². The zero-order valence-electron chi connectivity index (χ0n) is 13.0. The predicted molar refractivity (Wildman–Crippen MR) is 73.4 cm³/mol. The van der Waals surface area contributed by atoms with Gasteiger partial charge in [0.05, 0.1) is 9.85 Å². The van der Waals surface area contributed by atoms with E-state index in [0.717, 1.165) is 21.8 Å². The topological polar surface area (TPSA) is 210 Å². The molecule has 0 aliphatic carbocycles. The monoisotopic (exact) mass is 413 g/mol. The van der Waals surface area contributed by atoms with E-state index < -0.39 is 42.0 Å². The molecule has 0 unspecified atom stereocenters. The first-order chi connectivity index (χ1) is 12.1. The molecule has 0 bridgehead atoms. The SMILES string of the molecule is Cn1ncc([N+](=O)[O-])c1C(=O)O.Cn1ncc([N+](=O)[O-])c1C=O.[O]=[Mn]=[O]. The Morgan fingerprint density at radius 1 is 1.12 bits per heavy atom. The molecule has 0 aliphatic rings. The molecule has 0 radical (unpaired) electrons. The predicted octanol–water partition coefficient (Wildman–Crippen LogP) is -0.0728. The molecule has 26 heavy (non-hydrogen) atoms. The summed E-state index contributed by atoms with van der Waals surface area (Å²) in [5.74, 6) is -1.36. The molecule has 0 saturated carbocycles. The molecule has 0 spiro atoms. The fourth-order valence-corrected chi connectivity index (χ4v) is 1.52. The number of nitro groups is 2. The van der Waals surface area contributed by atoms with Gasteiger partial charge in [-0.25, -0.2) is 4.79 Å². The molecule has 0 saturated heterocycles. The van der Waals surface area contributed by atoms with Gasteiger partial charge >= 0.3 is 39.8 Å². The summed E-state index contributed by atoms with van der Waals surface area (Å²) in [5.41, 5.74) is -1.19. The third kappa shape index (κ3) is 5.84. The van der Waals surface area contributed by atoms with Crippen molar-refractivity contribution >= 4 is 23.6 Å². The Balaban J connectivity index is 0.000000419. The third-order valence-electron chi connectivity index (χ3n) is 2.59. The summed E-state index contributed by atoms with van der Waals surface area (Å²) in [4.78, 5) is 39.7. The molecule has 0 amide bonds. The quantitative estimate of drug-likeness (QED) is 0.303. The van der Waals surface area contributed by atoms with Crippen LogP contribution < -0.4 is 0 Å². The average molecular weight is 413 g/mol. The number of aromatic nitrogens is 4. The van der Waals surface area contributed by atoms with Crippen molar-refractivity contribution in [2.24, 2.45) is 14.1 Å². The summed E-state index contributed by atoms with van der Waals surface area (Å²) in [6.45, 7) is 0. The Morgan fingerprint density at radius 2 is 1.54 bits per heavy atom. The van der Waals surface area contributed by atoms with Crippen LogP contribution in [0, 0.1) is 20.2 Å².